The smallest absolute Gasteiger partial charge is 0.0542 e. The van der Waals surface area contributed by atoms with Crippen LogP contribution in [0.4, 0.5) is 0 Å². The highest BCUT2D eigenvalue weighted by Gasteiger charge is 2.14. The minimum absolute atomic E-state index is 1.23. The Bertz CT molecular complexity index is 3140. The zero-order valence-corrected chi connectivity index (χ0v) is 29.8. The molecule has 0 bridgehead atoms. The van der Waals surface area contributed by atoms with E-state index < -0.39 is 0 Å². The molecule has 0 aliphatic carbocycles. The van der Waals surface area contributed by atoms with Gasteiger partial charge in [-0.15, -0.1) is 22.7 Å². The van der Waals surface area contributed by atoms with Gasteiger partial charge >= 0.3 is 0 Å². The molecule has 11 rings (SSSR count). The van der Waals surface area contributed by atoms with Gasteiger partial charge in [0.25, 0.3) is 0 Å². The average molecular weight is 695 g/mol. The van der Waals surface area contributed by atoms with Crippen molar-refractivity contribution in [2.24, 2.45) is 0 Å². The second-order valence-electron chi connectivity index (χ2n) is 13.8. The lowest BCUT2D eigenvalue weighted by Crippen LogP contribution is -1.84. The van der Waals surface area contributed by atoms with Crippen LogP contribution >= 0.6 is 22.7 Å². The van der Waals surface area contributed by atoms with Gasteiger partial charge in [-0.2, -0.15) is 0 Å². The van der Waals surface area contributed by atoms with Crippen molar-refractivity contribution in [3.63, 3.8) is 0 Å². The van der Waals surface area contributed by atoms with Crippen LogP contribution in [0.1, 0.15) is 0 Å². The van der Waals surface area contributed by atoms with Crippen molar-refractivity contribution in [3.8, 4) is 44.5 Å². The highest BCUT2D eigenvalue weighted by Crippen LogP contribution is 2.46. The molecule has 0 spiro atoms. The first-order valence-electron chi connectivity index (χ1n) is 17.7. The lowest BCUT2D eigenvalue weighted by molar-refractivity contribution is 1.58. The van der Waals surface area contributed by atoms with Crippen molar-refractivity contribution < 1.29 is 0 Å². The topological polar surface area (TPSA) is 0 Å². The van der Waals surface area contributed by atoms with E-state index in [1.54, 1.807) is 0 Å². The summed E-state index contributed by atoms with van der Waals surface area (Å²) in [6, 6.07) is 67.2. The van der Waals surface area contributed by atoms with E-state index in [0.717, 1.165) is 0 Å². The van der Waals surface area contributed by atoms with Gasteiger partial charge in [0, 0.05) is 20.2 Å². The van der Waals surface area contributed by atoms with Crippen LogP contribution in [0.3, 0.4) is 0 Å². The summed E-state index contributed by atoms with van der Waals surface area (Å²) >= 11 is 3.86. The first kappa shape index (κ1) is 29.6. The third-order valence-corrected chi connectivity index (χ3v) is 13.1. The Morgan fingerprint density at radius 1 is 0.231 bits per heavy atom. The van der Waals surface area contributed by atoms with Gasteiger partial charge in [0.2, 0.25) is 0 Å². The van der Waals surface area contributed by atoms with E-state index in [4.69, 9.17) is 0 Å². The van der Waals surface area contributed by atoms with Gasteiger partial charge in [-0.3, -0.25) is 0 Å². The van der Waals surface area contributed by atoms with Crippen LogP contribution in [0.15, 0.2) is 182 Å². The molecule has 9 aromatic carbocycles. The lowest BCUT2D eigenvalue weighted by atomic mass is 9.95. The van der Waals surface area contributed by atoms with Crippen molar-refractivity contribution in [2.45, 2.75) is 0 Å². The number of fused-ring (bicyclic) bond motifs is 8. The first-order chi connectivity index (χ1) is 25.7. The predicted octanol–water partition coefficient (Wildman–Crippen LogP) is 15.4. The van der Waals surface area contributed by atoms with Crippen LogP contribution in [-0.4, -0.2) is 0 Å². The Morgan fingerprint density at radius 3 is 1.08 bits per heavy atom. The monoisotopic (exact) mass is 694 g/mol. The van der Waals surface area contributed by atoms with Gasteiger partial charge in [0.15, 0.2) is 0 Å². The molecule has 0 fully saturated rings. The maximum atomic E-state index is 2.42. The molecule has 2 aromatic heterocycles. The molecule has 0 N–H and O–H groups in total. The third-order valence-electron chi connectivity index (χ3n) is 10.6. The Labute approximate surface area is 309 Å². The zero-order valence-electron chi connectivity index (χ0n) is 28.1. The van der Waals surface area contributed by atoms with Gasteiger partial charge in [0.05, 0.1) is 9.40 Å². The van der Waals surface area contributed by atoms with Crippen LogP contribution in [-0.2, 0) is 0 Å². The molecule has 2 heteroatoms. The highest BCUT2D eigenvalue weighted by molar-refractivity contribution is 7.36. The molecule has 0 aliphatic heterocycles. The van der Waals surface area contributed by atoms with E-state index in [1.165, 1.54) is 106 Å². The molecule has 0 saturated carbocycles. The number of thiophene rings is 2. The molecule has 0 aliphatic rings. The summed E-state index contributed by atoms with van der Waals surface area (Å²) in [6.45, 7) is 0. The van der Waals surface area contributed by atoms with Crippen LogP contribution in [0.25, 0.3) is 106 Å². The van der Waals surface area contributed by atoms with Gasteiger partial charge in [0.1, 0.15) is 0 Å². The minimum Gasteiger partial charge on any atom is -0.134 e. The molecule has 242 valence electrons. The largest absolute Gasteiger partial charge is 0.134 e. The van der Waals surface area contributed by atoms with Gasteiger partial charge < -0.3 is 0 Å². The summed E-state index contributed by atoms with van der Waals surface area (Å²) in [6.07, 6.45) is 0. The maximum absolute atomic E-state index is 2.42. The van der Waals surface area contributed by atoms with Gasteiger partial charge in [-0.1, -0.05) is 140 Å². The standard InChI is InChI=1S/C50H30S2/c1-2-6-31(7-3-1)32-10-12-33(13-11-32)34-14-16-35(17-15-34)38-18-19-40-25-41(21-20-39(40)24-38)42-22-23-43-30-48-46(28-44(43)26-42)50-49(52-48)45-27-36-8-4-5-9-37(36)29-47(45)51-50/h1-30H. The van der Waals surface area contributed by atoms with Crippen LogP contribution in [0.5, 0.6) is 0 Å². The van der Waals surface area contributed by atoms with E-state index in [9.17, 15) is 0 Å². The zero-order chi connectivity index (χ0) is 34.2. The summed E-state index contributed by atoms with van der Waals surface area (Å²) in [5.74, 6) is 0. The molecule has 0 nitrogen and oxygen atoms in total. The second-order valence-corrected chi connectivity index (χ2v) is 15.9. The van der Waals surface area contributed by atoms with Crippen LogP contribution in [0, 0.1) is 0 Å². The van der Waals surface area contributed by atoms with E-state index in [2.05, 4.69) is 182 Å². The van der Waals surface area contributed by atoms with Crippen LogP contribution in [0.2, 0.25) is 0 Å². The molecule has 0 atom stereocenters. The molecule has 0 amide bonds. The Hall–Kier alpha value is -6.06. The molecule has 0 saturated heterocycles. The SMILES string of the molecule is c1ccc(-c2ccc(-c3ccc(-c4ccc5cc(-c6ccc7cc8sc9c%10cc%11ccccc%11cc%10sc9c8cc7c6)ccc5c4)cc3)cc2)cc1. The van der Waals surface area contributed by atoms with Gasteiger partial charge in [-0.05, 0) is 119 Å². The molecular formula is C50H30S2. The highest BCUT2D eigenvalue weighted by atomic mass is 32.1. The Kier molecular flexibility index (Phi) is 6.70. The molecule has 0 unspecified atom stereocenters. The van der Waals surface area contributed by atoms with Gasteiger partial charge in [-0.25, -0.2) is 0 Å². The number of hydrogen-bond donors (Lipinski definition) is 0. The van der Waals surface area contributed by atoms with Crippen molar-refractivity contribution in [3.05, 3.63) is 182 Å². The normalized spacial score (nSPS) is 11.8. The van der Waals surface area contributed by atoms with E-state index in [0.29, 0.717) is 0 Å². The number of benzene rings is 9. The summed E-state index contributed by atoms with van der Waals surface area (Å²) < 4.78 is 5.56. The summed E-state index contributed by atoms with van der Waals surface area (Å²) in [7, 11) is 0. The molecule has 11 aromatic rings. The fraction of sp³-hybridized carbons (Fsp3) is 0. The van der Waals surface area contributed by atoms with E-state index in [-0.39, 0.29) is 0 Å². The average Bonchev–Trinajstić information content (AvgIpc) is 3.74. The van der Waals surface area contributed by atoms with Crippen LogP contribution < -0.4 is 0 Å². The Balaban J connectivity index is 0.891. The molecule has 52 heavy (non-hydrogen) atoms. The summed E-state index contributed by atoms with van der Waals surface area (Å²) in [5.41, 5.74) is 9.89. The fourth-order valence-corrected chi connectivity index (χ4v) is 10.5. The van der Waals surface area contributed by atoms with E-state index >= 15 is 0 Å². The first-order valence-corrected chi connectivity index (χ1v) is 19.4. The number of rotatable bonds is 4. The maximum Gasteiger partial charge on any atom is 0.0542 e. The second kappa shape index (κ2) is 11.7. The lowest BCUT2D eigenvalue weighted by Gasteiger charge is -2.09. The molecular weight excluding hydrogens is 665 g/mol. The predicted molar refractivity (Wildman–Crippen MR) is 229 cm³/mol. The Morgan fingerprint density at radius 2 is 0.558 bits per heavy atom. The third kappa shape index (κ3) is 4.95. The van der Waals surface area contributed by atoms with Crippen molar-refractivity contribution in [2.75, 3.05) is 0 Å². The van der Waals surface area contributed by atoms with E-state index in [1.807, 2.05) is 22.7 Å². The van der Waals surface area contributed by atoms with Crippen molar-refractivity contribution in [1.29, 1.82) is 0 Å². The summed E-state index contributed by atoms with van der Waals surface area (Å²) in [4.78, 5) is 0. The van der Waals surface area contributed by atoms with Crippen molar-refractivity contribution in [1.82, 2.24) is 0 Å². The number of hydrogen-bond acceptors (Lipinski definition) is 2. The quantitative estimate of drug-likeness (QED) is 0.172. The minimum atomic E-state index is 1.23. The molecule has 2 heterocycles. The molecule has 0 radical (unpaired) electrons. The fourth-order valence-electron chi connectivity index (χ4n) is 7.81. The summed E-state index contributed by atoms with van der Waals surface area (Å²) in [5, 5.41) is 10.5. The van der Waals surface area contributed by atoms with Crippen molar-refractivity contribution >= 4 is 84.6 Å².